The van der Waals surface area contributed by atoms with Gasteiger partial charge in [0.05, 0.1) is 5.69 Å². The third-order valence-electron chi connectivity index (χ3n) is 11.6. The maximum Gasteiger partial charge on any atom is 0.0546 e. The molecule has 0 saturated heterocycles. The van der Waals surface area contributed by atoms with Gasteiger partial charge in [0.1, 0.15) is 0 Å². The molecule has 0 atom stereocenters. The van der Waals surface area contributed by atoms with Crippen LogP contribution in [-0.4, -0.2) is 0 Å². The Hall–Kier alpha value is -7.48. The van der Waals surface area contributed by atoms with Gasteiger partial charge in [0, 0.05) is 16.8 Å². The highest BCUT2D eigenvalue weighted by Gasteiger charge is 2.21. The van der Waals surface area contributed by atoms with Gasteiger partial charge in [-0.05, 0) is 112 Å². The van der Waals surface area contributed by atoms with Crippen LogP contribution in [0.4, 0.5) is 17.1 Å². The van der Waals surface area contributed by atoms with Crippen LogP contribution in [0.25, 0.3) is 87.2 Å². The molecular weight excluding hydrogens is 687 g/mol. The van der Waals surface area contributed by atoms with Crippen molar-refractivity contribution in [1.82, 2.24) is 0 Å². The molecule has 0 bridgehead atoms. The Labute approximate surface area is 332 Å². The van der Waals surface area contributed by atoms with Crippen LogP contribution in [0, 0.1) is 0 Å². The van der Waals surface area contributed by atoms with Crippen molar-refractivity contribution in [3.63, 3.8) is 0 Å². The maximum absolute atomic E-state index is 2.46. The highest BCUT2D eigenvalue weighted by atomic mass is 15.1. The van der Waals surface area contributed by atoms with Gasteiger partial charge in [0.25, 0.3) is 0 Å². The first-order valence-corrected chi connectivity index (χ1v) is 19.7. The van der Waals surface area contributed by atoms with E-state index in [-0.39, 0.29) is 0 Å². The van der Waals surface area contributed by atoms with Gasteiger partial charge in [-0.3, -0.25) is 0 Å². The second-order valence-corrected chi connectivity index (χ2v) is 14.9. The van der Waals surface area contributed by atoms with Crippen molar-refractivity contribution in [1.29, 1.82) is 0 Å². The Bertz CT molecular complexity index is 3290. The fourth-order valence-electron chi connectivity index (χ4n) is 8.96. The van der Waals surface area contributed by atoms with Crippen LogP contribution in [0.1, 0.15) is 0 Å². The summed E-state index contributed by atoms with van der Waals surface area (Å²) in [5.41, 5.74) is 10.5. The monoisotopic (exact) mass is 723 g/mol. The highest BCUT2D eigenvalue weighted by Crippen LogP contribution is 2.46. The molecule has 1 nitrogen and oxygen atoms in total. The Morgan fingerprint density at radius 3 is 1.67 bits per heavy atom. The molecule has 0 spiro atoms. The summed E-state index contributed by atoms with van der Waals surface area (Å²) in [6.45, 7) is 0. The van der Waals surface area contributed by atoms with Crippen LogP contribution in [0.2, 0.25) is 0 Å². The van der Waals surface area contributed by atoms with Gasteiger partial charge in [0.2, 0.25) is 0 Å². The topological polar surface area (TPSA) is 3.24 Å². The molecule has 0 aliphatic carbocycles. The number of nitrogens with zero attached hydrogens (tertiary/aromatic N) is 1. The van der Waals surface area contributed by atoms with Crippen molar-refractivity contribution >= 4 is 70.9 Å². The van der Waals surface area contributed by atoms with Crippen molar-refractivity contribution in [3.05, 3.63) is 224 Å². The van der Waals surface area contributed by atoms with Gasteiger partial charge in [-0.1, -0.05) is 194 Å². The van der Waals surface area contributed by atoms with Crippen molar-refractivity contribution in [2.24, 2.45) is 0 Å². The van der Waals surface area contributed by atoms with Crippen LogP contribution in [0.5, 0.6) is 0 Å². The average Bonchev–Trinajstić information content (AvgIpc) is 3.29. The second-order valence-electron chi connectivity index (χ2n) is 14.9. The second kappa shape index (κ2) is 13.7. The number of hydrogen-bond donors (Lipinski definition) is 0. The molecule has 11 rings (SSSR count). The minimum atomic E-state index is 1.10. The van der Waals surface area contributed by atoms with E-state index >= 15 is 0 Å². The summed E-state index contributed by atoms with van der Waals surface area (Å²) < 4.78 is 0. The van der Waals surface area contributed by atoms with Crippen LogP contribution >= 0.6 is 0 Å². The van der Waals surface area contributed by atoms with E-state index in [1.807, 2.05) is 0 Å². The molecule has 0 unspecified atom stereocenters. The number of benzene rings is 11. The predicted octanol–water partition coefficient (Wildman–Crippen LogP) is 15.9. The first-order valence-electron chi connectivity index (χ1n) is 19.7. The Morgan fingerprint density at radius 1 is 0.246 bits per heavy atom. The van der Waals surface area contributed by atoms with Crippen molar-refractivity contribution < 1.29 is 0 Å². The van der Waals surface area contributed by atoms with Crippen LogP contribution in [0.3, 0.4) is 0 Å². The standard InChI is InChI=1S/C56H37N/c1-3-15-38(16-4-1)42-21-13-22-44(35-42)57(55-36-43-20-8-9-23-46(43)48-25-11-12-26-52(48)55)45-32-34-51(54(37-45)39-17-5-2-6-18-39)49-27-14-28-53-50(49)33-31-41-30-29-40-19-7-10-24-47(40)56(41)53/h1-37H. The lowest BCUT2D eigenvalue weighted by molar-refractivity contribution is 1.30. The summed E-state index contributed by atoms with van der Waals surface area (Å²) in [6.07, 6.45) is 0. The number of hydrogen-bond acceptors (Lipinski definition) is 1. The van der Waals surface area contributed by atoms with Gasteiger partial charge >= 0.3 is 0 Å². The highest BCUT2D eigenvalue weighted by molar-refractivity contribution is 6.22. The minimum Gasteiger partial charge on any atom is -0.310 e. The Morgan fingerprint density at radius 2 is 0.842 bits per heavy atom. The van der Waals surface area contributed by atoms with E-state index < -0.39 is 0 Å². The van der Waals surface area contributed by atoms with E-state index in [2.05, 4.69) is 229 Å². The van der Waals surface area contributed by atoms with E-state index in [4.69, 9.17) is 0 Å². The summed E-state index contributed by atoms with van der Waals surface area (Å²) in [5.74, 6) is 0. The van der Waals surface area contributed by atoms with Crippen LogP contribution in [0.15, 0.2) is 224 Å². The molecule has 11 aromatic rings. The zero-order chi connectivity index (χ0) is 37.7. The first-order chi connectivity index (χ1) is 28.3. The molecule has 0 aromatic heterocycles. The minimum absolute atomic E-state index is 1.10. The predicted molar refractivity (Wildman–Crippen MR) is 245 cm³/mol. The normalized spacial score (nSPS) is 11.5. The van der Waals surface area contributed by atoms with E-state index in [1.165, 1.54) is 87.2 Å². The molecule has 1 heteroatoms. The van der Waals surface area contributed by atoms with Gasteiger partial charge in [-0.25, -0.2) is 0 Å². The Kier molecular flexibility index (Phi) is 7.89. The molecule has 0 radical (unpaired) electrons. The van der Waals surface area contributed by atoms with Crippen molar-refractivity contribution in [3.8, 4) is 33.4 Å². The van der Waals surface area contributed by atoms with Crippen molar-refractivity contribution in [2.75, 3.05) is 4.90 Å². The van der Waals surface area contributed by atoms with Gasteiger partial charge in [-0.2, -0.15) is 0 Å². The third kappa shape index (κ3) is 5.63. The fourth-order valence-corrected chi connectivity index (χ4v) is 8.96. The average molecular weight is 724 g/mol. The molecule has 57 heavy (non-hydrogen) atoms. The van der Waals surface area contributed by atoms with Gasteiger partial charge in [0.15, 0.2) is 0 Å². The molecule has 0 aliphatic rings. The van der Waals surface area contributed by atoms with E-state index in [9.17, 15) is 0 Å². The molecule has 0 heterocycles. The quantitative estimate of drug-likeness (QED) is 0.154. The van der Waals surface area contributed by atoms with Crippen LogP contribution in [-0.2, 0) is 0 Å². The fraction of sp³-hybridized carbons (Fsp3) is 0. The number of rotatable bonds is 6. The molecule has 0 amide bonds. The summed E-state index contributed by atoms with van der Waals surface area (Å²) in [6, 6.07) is 82.2. The summed E-state index contributed by atoms with van der Waals surface area (Å²) >= 11 is 0. The SMILES string of the molecule is c1ccc(-c2cccc(N(c3ccc(-c4cccc5c4ccc4ccc6ccccc6c45)c(-c4ccccc4)c3)c3cc4ccccc4c4ccccc34)c2)cc1. The molecular formula is C56H37N. The molecule has 0 fully saturated rings. The van der Waals surface area contributed by atoms with Gasteiger partial charge < -0.3 is 4.90 Å². The summed E-state index contributed by atoms with van der Waals surface area (Å²) in [5, 5.41) is 12.5. The molecule has 11 aromatic carbocycles. The van der Waals surface area contributed by atoms with E-state index in [1.54, 1.807) is 0 Å². The van der Waals surface area contributed by atoms with Crippen molar-refractivity contribution in [2.45, 2.75) is 0 Å². The third-order valence-corrected chi connectivity index (χ3v) is 11.6. The number of anilines is 3. The first kappa shape index (κ1) is 32.9. The van der Waals surface area contributed by atoms with Gasteiger partial charge in [-0.15, -0.1) is 0 Å². The lowest BCUT2D eigenvalue weighted by Gasteiger charge is -2.29. The van der Waals surface area contributed by atoms with Crippen LogP contribution < -0.4 is 4.90 Å². The smallest absolute Gasteiger partial charge is 0.0546 e. The van der Waals surface area contributed by atoms with E-state index in [0.29, 0.717) is 0 Å². The lowest BCUT2D eigenvalue weighted by atomic mass is 9.88. The molecule has 0 N–H and O–H groups in total. The summed E-state index contributed by atoms with van der Waals surface area (Å²) in [4.78, 5) is 2.46. The Balaban J connectivity index is 1.18. The zero-order valence-corrected chi connectivity index (χ0v) is 31.3. The number of fused-ring (bicyclic) bond motifs is 8. The van der Waals surface area contributed by atoms with E-state index in [0.717, 1.165) is 17.1 Å². The lowest BCUT2D eigenvalue weighted by Crippen LogP contribution is -2.11. The summed E-state index contributed by atoms with van der Waals surface area (Å²) in [7, 11) is 0. The maximum atomic E-state index is 2.46. The molecule has 266 valence electrons. The molecule has 0 aliphatic heterocycles. The zero-order valence-electron chi connectivity index (χ0n) is 31.3. The largest absolute Gasteiger partial charge is 0.310 e. The molecule has 0 saturated carbocycles.